The zero-order valence-corrected chi connectivity index (χ0v) is 9.48. The van der Waals surface area contributed by atoms with Gasteiger partial charge in [-0.3, -0.25) is 10.1 Å². The van der Waals surface area contributed by atoms with Crippen LogP contribution in [0.4, 0.5) is 5.69 Å². The minimum atomic E-state index is -0.312. The van der Waals surface area contributed by atoms with Gasteiger partial charge in [0.15, 0.2) is 0 Å². The van der Waals surface area contributed by atoms with Crippen LogP contribution in [0.1, 0.15) is 24.0 Å². The molecule has 0 unspecified atom stereocenters. The Hall–Kier alpha value is -1.68. The van der Waals surface area contributed by atoms with E-state index in [0.29, 0.717) is 0 Å². The molecule has 0 aromatic heterocycles. The van der Waals surface area contributed by atoms with Gasteiger partial charge in [0.25, 0.3) is 5.69 Å². The Bertz CT molecular complexity index is 502. The third-order valence-electron chi connectivity index (χ3n) is 3.86. The Balaban J connectivity index is 2.07. The molecule has 0 amide bonds. The smallest absolute Gasteiger partial charge is 0.269 e. The largest absolute Gasteiger partial charge is 0.317 e. The van der Waals surface area contributed by atoms with Crippen LogP contribution in [0.3, 0.4) is 0 Å². The molecule has 1 spiro atoms. The molecule has 17 heavy (non-hydrogen) atoms. The number of nitro benzene ring substituents is 1. The number of nitrogens with one attached hydrogen (secondary N) is 1. The highest BCUT2D eigenvalue weighted by Gasteiger charge is 2.36. The van der Waals surface area contributed by atoms with Crippen LogP contribution in [-0.2, 0) is 5.41 Å². The number of rotatable bonds is 1. The van der Waals surface area contributed by atoms with Crippen molar-refractivity contribution >= 4 is 11.8 Å². The zero-order valence-electron chi connectivity index (χ0n) is 9.48. The van der Waals surface area contributed by atoms with Crippen molar-refractivity contribution in [2.75, 3.05) is 13.1 Å². The van der Waals surface area contributed by atoms with Crippen LogP contribution in [0.2, 0.25) is 0 Å². The van der Waals surface area contributed by atoms with E-state index in [-0.39, 0.29) is 16.0 Å². The number of non-ortho nitro benzene ring substituents is 1. The quantitative estimate of drug-likeness (QED) is 0.594. The number of benzene rings is 1. The number of piperidine rings is 1. The lowest BCUT2D eigenvalue weighted by Crippen LogP contribution is -2.37. The number of hydrogen-bond donors (Lipinski definition) is 1. The van der Waals surface area contributed by atoms with Crippen LogP contribution in [0, 0.1) is 10.1 Å². The van der Waals surface area contributed by atoms with Gasteiger partial charge in [-0.15, -0.1) is 0 Å². The molecule has 0 radical (unpaired) electrons. The minimum absolute atomic E-state index is 0.0343. The second kappa shape index (κ2) is 3.67. The molecule has 1 aromatic rings. The van der Waals surface area contributed by atoms with Crippen LogP contribution in [0.5, 0.6) is 0 Å². The number of hydrogen-bond acceptors (Lipinski definition) is 3. The van der Waals surface area contributed by atoms with Gasteiger partial charge >= 0.3 is 0 Å². The normalized spacial score (nSPS) is 20.5. The van der Waals surface area contributed by atoms with Crippen molar-refractivity contribution in [3.8, 4) is 0 Å². The van der Waals surface area contributed by atoms with Gasteiger partial charge in [0.05, 0.1) is 4.92 Å². The maximum atomic E-state index is 10.8. The summed E-state index contributed by atoms with van der Waals surface area (Å²) < 4.78 is 0. The van der Waals surface area contributed by atoms with E-state index in [1.807, 2.05) is 6.07 Å². The standard InChI is InChI=1S/C13H14N2O2/c16-15(17)11-2-1-10-3-4-13(12(10)9-11)5-7-14-8-6-13/h1-4,9,14H,5-8H2. The maximum Gasteiger partial charge on any atom is 0.269 e. The summed E-state index contributed by atoms with van der Waals surface area (Å²) in [6.45, 7) is 1.96. The van der Waals surface area contributed by atoms with Crippen LogP contribution in [0.15, 0.2) is 24.3 Å². The molecule has 88 valence electrons. The molecule has 1 aliphatic heterocycles. The SMILES string of the molecule is O=[N+]([O-])c1ccc2c(c1)C1(C=C2)CCNCC1. The molecule has 1 aromatic carbocycles. The third kappa shape index (κ3) is 1.56. The highest BCUT2D eigenvalue weighted by atomic mass is 16.6. The van der Waals surface area contributed by atoms with E-state index >= 15 is 0 Å². The molecule has 1 aliphatic carbocycles. The van der Waals surface area contributed by atoms with Crippen molar-refractivity contribution in [2.24, 2.45) is 0 Å². The molecule has 2 aliphatic rings. The van der Waals surface area contributed by atoms with E-state index in [9.17, 15) is 10.1 Å². The van der Waals surface area contributed by atoms with Gasteiger partial charge in [0.1, 0.15) is 0 Å². The van der Waals surface area contributed by atoms with Crippen LogP contribution in [0.25, 0.3) is 6.08 Å². The monoisotopic (exact) mass is 230 g/mol. The first-order chi connectivity index (χ1) is 8.21. The summed E-state index contributed by atoms with van der Waals surface area (Å²) in [5.41, 5.74) is 2.50. The zero-order chi connectivity index (χ0) is 11.9. The summed E-state index contributed by atoms with van der Waals surface area (Å²) in [7, 11) is 0. The Labute approximate surface area is 99.5 Å². The Kier molecular flexibility index (Phi) is 2.26. The summed E-state index contributed by atoms with van der Waals surface area (Å²) >= 11 is 0. The molecular formula is C13H14N2O2. The first kappa shape index (κ1) is 10.5. The van der Waals surface area contributed by atoms with Gasteiger partial charge in [-0.05, 0) is 43.1 Å². The average Bonchev–Trinajstić information content (AvgIpc) is 2.69. The van der Waals surface area contributed by atoms with Crippen molar-refractivity contribution in [1.82, 2.24) is 5.32 Å². The van der Waals surface area contributed by atoms with E-state index in [4.69, 9.17) is 0 Å². The maximum absolute atomic E-state index is 10.8. The molecule has 1 N–H and O–H groups in total. The molecule has 4 nitrogen and oxygen atoms in total. The fraction of sp³-hybridized carbons (Fsp3) is 0.385. The van der Waals surface area contributed by atoms with Gasteiger partial charge in [0, 0.05) is 17.5 Å². The number of allylic oxidation sites excluding steroid dienone is 1. The number of fused-ring (bicyclic) bond motifs is 2. The van der Waals surface area contributed by atoms with E-state index in [1.54, 1.807) is 12.1 Å². The second-order valence-corrected chi connectivity index (χ2v) is 4.77. The molecule has 1 fully saturated rings. The molecule has 3 rings (SSSR count). The molecule has 0 saturated carbocycles. The predicted molar refractivity (Wildman–Crippen MR) is 65.9 cm³/mol. The average molecular weight is 230 g/mol. The Morgan fingerprint density at radius 1 is 1.29 bits per heavy atom. The van der Waals surface area contributed by atoms with Crippen LogP contribution >= 0.6 is 0 Å². The fourth-order valence-corrected chi connectivity index (χ4v) is 2.88. The summed E-state index contributed by atoms with van der Waals surface area (Å²) in [4.78, 5) is 10.5. The van der Waals surface area contributed by atoms with Crippen LogP contribution < -0.4 is 5.32 Å². The van der Waals surface area contributed by atoms with Gasteiger partial charge in [-0.1, -0.05) is 12.2 Å². The Morgan fingerprint density at radius 2 is 2.06 bits per heavy atom. The summed E-state index contributed by atoms with van der Waals surface area (Å²) in [6.07, 6.45) is 6.38. The van der Waals surface area contributed by atoms with E-state index in [0.717, 1.165) is 37.1 Å². The molecule has 0 atom stereocenters. The summed E-state index contributed by atoms with van der Waals surface area (Å²) in [6, 6.07) is 5.20. The van der Waals surface area contributed by atoms with E-state index in [1.165, 1.54) is 0 Å². The van der Waals surface area contributed by atoms with Gasteiger partial charge in [0.2, 0.25) is 0 Å². The van der Waals surface area contributed by atoms with Crippen LogP contribution in [-0.4, -0.2) is 18.0 Å². The Morgan fingerprint density at radius 3 is 2.76 bits per heavy atom. The molecule has 4 heteroatoms. The number of nitrogens with zero attached hydrogens (tertiary/aromatic N) is 1. The summed E-state index contributed by atoms with van der Waals surface area (Å²) in [5.74, 6) is 0. The van der Waals surface area contributed by atoms with Gasteiger partial charge < -0.3 is 5.32 Å². The van der Waals surface area contributed by atoms with Gasteiger partial charge in [-0.25, -0.2) is 0 Å². The van der Waals surface area contributed by atoms with Crippen molar-refractivity contribution in [3.63, 3.8) is 0 Å². The lowest BCUT2D eigenvalue weighted by molar-refractivity contribution is -0.385. The highest BCUT2D eigenvalue weighted by Crippen LogP contribution is 2.43. The van der Waals surface area contributed by atoms with Crippen molar-refractivity contribution < 1.29 is 4.92 Å². The van der Waals surface area contributed by atoms with E-state index < -0.39 is 0 Å². The number of nitro groups is 1. The molecular weight excluding hydrogens is 216 g/mol. The van der Waals surface area contributed by atoms with Crippen molar-refractivity contribution in [2.45, 2.75) is 18.3 Å². The van der Waals surface area contributed by atoms with Gasteiger partial charge in [-0.2, -0.15) is 0 Å². The molecule has 1 saturated heterocycles. The lowest BCUT2D eigenvalue weighted by atomic mass is 9.75. The molecule has 1 heterocycles. The first-order valence-electron chi connectivity index (χ1n) is 5.90. The first-order valence-corrected chi connectivity index (χ1v) is 5.90. The lowest BCUT2D eigenvalue weighted by Gasteiger charge is -2.33. The topological polar surface area (TPSA) is 55.2 Å². The van der Waals surface area contributed by atoms with Crippen molar-refractivity contribution in [3.05, 3.63) is 45.5 Å². The summed E-state index contributed by atoms with van der Waals surface area (Å²) in [5, 5.41) is 14.2. The van der Waals surface area contributed by atoms with Crippen molar-refractivity contribution in [1.29, 1.82) is 0 Å². The second-order valence-electron chi connectivity index (χ2n) is 4.77. The highest BCUT2D eigenvalue weighted by molar-refractivity contribution is 5.67. The molecule has 0 bridgehead atoms. The minimum Gasteiger partial charge on any atom is -0.317 e. The fourth-order valence-electron chi connectivity index (χ4n) is 2.88. The third-order valence-corrected chi connectivity index (χ3v) is 3.86. The van der Waals surface area contributed by atoms with E-state index in [2.05, 4.69) is 17.5 Å². The predicted octanol–water partition coefficient (Wildman–Crippen LogP) is 2.24.